The highest BCUT2D eigenvalue weighted by atomic mass is 35.5. The lowest BCUT2D eigenvalue weighted by molar-refractivity contribution is 0.155. The molecule has 1 saturated heterocycles. The predicted molar refractivity (Wildman–Crippen MR) is 80.4 cm³/mol. The van der Waals surface area contributed by atoms with E-state index in [1.54, 1.807) is 6.20 Å². The Morgan fingerprint density at radius 2 is 2.05 bits per heavy atom. The number of rotatable bonds is 4. The normalized spacial score (nSPS) is 25.2. The van der Waals surface area contributed by atoms with E-state index in [1.807, 2.05) is 4.68 Å². The first-order chi connectivity index (χ1) is 9.74. The summed E-state index contributed by atoms with van der Waals surface area (Å²) >= 11 is 6.43. The average molecular weight is 298 g/mol. The summed E-state index contributed by atoms with van der Waals surface area (Å²) in [6.07, 6.45) is 10.8. The Bertz CT molecular complexity index is 442. The van der Waals surface area contributed by atoms with Gasteiger partial charge < -0.3 is 9.64 Å². The quantitative estimate of drug-likeness (QED) is 0.854. The molecule has 1 aliphatic carbocycles. The molecule has 1 unspecified atom stereocenters. The van der Waals surface area contributed by atoms with Gasteiger partial charge in [-0.1, -0.05) is 18.0 Å². The molecule has 2 aliphatic rings. The lowest BCUT2D eigenvalue weighted by Gasteiger charge is -2.22. The first kappa shape index (κ1) is 14.2. The van der Waals surface area contributed by atoms with Gasteiger partial charge in [0.05, 0.1) is 18.8 Å². The van der Waals surface area contributed by atoms with Crippen LogP contribution in [0.1, 0.15) is 44.9 Å². The molecule has 0 N–H and O–H groups in total. The second-order valence-electron chi connectivity index (χ2n) is 6.14. The van der Waals surface area contributed by atoms with E-state index in [0.717, 1.165) is 25.1 Å². The Labute approximate surface area is 126 Å². The number of likely N-dealkylation sites (tertiary alicyclic amines) is 1. The summed E-state index contributed by atoms with van der Waals surface area (Å²) < 4.78 is 7.92. The summed E-state index contributed by atoms with van der Waals surface area (Å²) in [4.78, 5) is 2.39. The van der Waals surface area contributed by atoms with Crippen molar-refractivity contribution in [1.29, 1.82) is 0 Å². The molecule has 0 amide bonds. The van der Waals surface area contributed by atoms with Crippen molar-refractivity contribution < 1.29 is 4.74 Å². The van der Waals surface area contributed by atoms with E-state index < -0.39 is 0 Å². The van der Waals surface area contributed by atoms with Crippen LogP contribution < -0.4 is 4.74 Å². The van der Waals surface area contributed by atoms with Gasteiger partial charge in [-0.05, 0) is 52.1 Å². The van der Waals surface area contributed by atoms with Gasteiger partial charge in [-0.25, -0.2) is 4.68 Å². The molecule has 5 heteroatoms. The van der Waals surface area contributed by atoms with Crippen LogP contribution in [0.15, 0.2) is 6.20 Å². The summed E-state index contributed by atoms with van der Waals surface area (Å²) in [7, 11) is 2.18. The van der Waals surface area contributed by atoms with Crippen molar-refractivity contribution in [3.05, 3.63) is 11.3 Å². The van der Waals surface area contributed by atoms with Gasteiger partial charge >= 0.3 is 0 Å². The standard InChI is InChI=1S/C15H24ClN3O/c1-18-9-5-6-12(18)11-19-15(16)14(10-17-19)20-13-7-3-2-4-8-13/h10,12-13H,2-9,11H2,1H3. The molecule has 1 aromatic heterocycles. The van der Waals surface area contributed by atoms with Crippen molar-refractivity contribution in [2.24, 2.45) is 0 Å². The number of aromatic nitrogens is 2. The Kier molecular flexibility index (Phi) is 4.51. The highest BCUT2D eigenvalue weighted by Crippen LogP contribution is 2.30. The molecule has 1 aliphatic heterocycles. The lowest BCUT2D eigenvalue weighted by Crippen LogP contribution is -2.29. The maximum Gasteiger partial charge on any atom is 0.176 e. The SMILES string of the molecule is CN1CCCC1Cn1ncc(OC2CCCCC2)c1Cl. The molecule has 1 atom stereocenters. The second-order valence-corrected chi connectivity index (χ2v) is 6.49. The molecule has 112 valence electrons. The largest absolute Gasteiger partial charge is 0.486 e. The molecule has 3 rings (SSSR count). The Hall–Kier alpha value is -0.740. The molecule has 2 heterocycles. The number of nitrogens with zero attached hydrogens (tertiary/aromatic N) is 3. The third kappa shape index (κ3) is 3.12. The van der Waals surface area contributed by atoms with Crippen molar-refractivity contribution >= 4 is 11.6 Å². The van der Waals surface area contributed by atoms with Crippen LogP contribution in [-0.2, 0) is 6.54 Å². The topological polar surface area (TPSA) is 30.3 Å². The average Bonchev–Trinajstić information content (AvgIpc) is 3.01. The molecular weight excluding hydrogens is 274 g/mol. The van der Waals surface area contributed by atoms with E-state index in [9.17, 15) is 0 Å². The molecule has 0 bridgehead atoms. The van der Waals surface area contributed by atoms with Gasteiger partial charge in [-0.2, -0.15) is 5.10 Å². The van der Waals surface area contributed by atoms with Crippen LogP contribution in [0.5, 0.6) is 5.75 Å². The zero-order valence-electron chi connectivity index (χ0n) is 12.2. The van der Waals surface area contributed by atoms with Gasteiger partial charge in [-0.3, -0.25) is 0 Å². The smallest absolute Gasteiger partial charge is 0.176 e. The van der Waals surface area contributed by atoms with Crippen LogP contribution in [0.3, 0.4) is 0 Å². The van der Waals surface area contributed by atoms with E-state index in [-0.39, 0.29) is 0 Å². The van der Waals surface area contributed by atoms with Crippen LogP contribution in [0.25, 0.3) is 0 Å². The van der Waals surface area contributed by atoms with Crippen molar-refractivity contribution in [2.45, 2.75) is 63.6 Å². The molecule has 4 nitrogen and oxygen atoms in total. The molecule has 1 aromatic rings. The zero-order valence-corrected chi connectivity index (χ0v) is 13.0. The van der Waals surface area contributed by atoms with Crippen LogP contribution in [0, 0.1) is 0 Å². The Balaban J connectivity index is 1.62. The number of ether oxygens (including phenoxy) is 1. The molecule has 0 spiro atoms. The van der Waals surface area contributed by atoms with E-state index >= 15 is 0 Å². The van der Waals surface area contributed by atoms with Gasteiger partial charge in [0.2, 0.25) is 0 Å². The molecule has 0 aromatic carbocycles. The number of hydrogen-bond donors (Lipinski definition) is 0. The van der Waals surface area contributed by atoms with Crippen molar-refractivity contribution in [2.75, 3.05) is 13.6 Å². The van der Waals surface area contributed by atoms with Crippen LogP contribution in [-0.4, -0.2) is 40.4 Å². The fourth-order valence-corrected chi connectivity index (χ4v) is 3.54. The third-order valence-corrected chi connectivity index (χ3v) is 5.03. The van der Waals surface area contributed by atoms with E-state index in [4.69, 9.17) is 16.3 Å². The van der Waals surface area contributed by atoms with E-state index in [0.29, 0.717) is 17.3 Å². The van der Waals surface area contributed by atoms with Gasteiger partial charge in [0, 0.05) is 6.04 Å². The van der Waals surface area contributed by atoms with Crippen molar-refractivity contribution in [3.63, 3.8) is 0 Å². The fourth-order valence-electron chi connectivity index (χ4n) is 3.33. The van der Waals surface area contributed by atoms with Gasteiger partial charge in [0.15, 0.2) is 10.9 Å². The Morgan fingerprint density at radius 1 is 1.25 bits per heavy atom. The van der Waals surface area contributed by atoms with Crippen LogP contribution in [0.4, 0.5) is 0 Å². The zero-order chi connectivity index (χ0) is 13.9. The lowest BCUT2D eigenvalue weighted by atomic mass is 9.98. The molecule has 0 radical (unpaired) electrons. The molecular formula is C15H24ClN3O. The maximum absolute atomic E-state index is 6.43. The highest BCUT2D eigenvalue weighted by molar-refractivity contribution is 6.31. The first-order valence-electron chi connectivity index (χ1n) is 7.82. The summed E-state index contributed by atoms with van der Waals surface area (Å²) in [6.45, 7) is 2.04. The summed E-state index contributed by atoms with van der Waals surface area (Å²) in [5.74, 6) is 0.763. The van der Waals surface area contributed by atoms with Gasteiger partial charge in [-0.15, -0.1) is 0 Å². The summed E-state index contributed by atoms with van der Waals surface area (Å²) in [6, 6.07) is 0.551. The van der Waals surface area contributed by atoms with Crippen molar-refractivity contribution in [3.8, 4) is 5.75 Å². The van der Waals surface area contributed by atoms with Crippen LogP contribution in [0.2, 0.25) is 5.15 Å². The third-order valence-electron chi connectivity index (χ3n) is 4.65. The first-order valence-corrected chi connectivity index (χ1v) is 8.20. The second kappa shape index (κ2) is 6.35. The van der Waals surface area contributed by atoms with Crippen molar-refractivity contribution in [1.82, 2.24) is 14.7 Å². The van der Waals surface area contributed by atoms with E-state index in [1.165, 1.54) is 38.6 Å². The Morgan fingerprint density at radius 3 is 2.75 bits per heavy atom. The predicted octanol–water partition coefficient (Wildman–Crippen LogP) is 3.34. The minimum Gasteiger partial charge on any atom is -0.486 e. The molecule has 20 heavy (non-hydrogen) atoms. The summed E-state index contributed by atoms with van der Waals surface area (Å²) in [5.41, 5.74) is 0. The minimum atomic E-state index is 0.327. The van der Waals surface area contributed by atoms with E-state index in [2.05, 4.69) is 17.0 Å². The van der Waals surface area contributed by atoms with Crippen LogP contribution >= 0.6 is 11.6 Å². The summed E-state index contributed by atoms with van der Waals surface area (Å²) in [5, 5.41) is 5.08. The highest BCUT2D eigenvalue weighted by Gasteiger charge is 2.24. The number of likely N-dealkylation sites (N-methyl/N-ethyl adjacent to an activating group) is 1. The minimum absolute atomic E-state index is 0.327. The number of halogens is 1. The molecule has 1 saturated carbocycles. The monoisotopic (exact) mass is 297 g/mol. The van der Waals surface area contributed by atoms with Gasteiger partial charge in [0.1, 0.15) is 0 Å². The molecule has 2 fully saturated rings. The van der Waals surface area contributed by atoms with Gasteiger partial charge in [0.25, 0.3) is 0 Å². The maximum atomic E-state index is 6.43. The number of hydrogen-bond acceptors (Lipinski definition) is 3. The fraction of sp³-hybridized carbons (Fsp3) is 0.800.